The fourth-order valence-corrected chi connectivity index (χ4v) is 1.01. The van der Waals surface area contributed by atoms with Crippen LogP contribution in [0.1, 0.15) is 52.4 Å². The molecular formula is C22H48O3. The predicted molar refractivity (Wildman–Crippen MR) is 120 cm³/mol. The van der Waals surface area contributed by atoms with Gasteiger partial charge < -0.3 is 14.9 Å². The Morgan fingerprint density at radius 2 is 0.760 bits per heavy atom. The molecule has 0 aromatic heterocycles. The molecule has 0 aliphatic heterocycles. The van der Waals surface area contributed by atoms with Crippen molar-refractivity contribution < 1.29 is 14.9 Å². The number of unbranched alkanes of at least 4 members (excludes halogenated alkanes) is 4. The summed E-state index contributed by atoms with van der Waals surface area (Å²) >= 11 is 0. The third-order valence-electron chi connectivity index (χ3n) is 1.88. The van der Waals surface area contributed by atoms with Crippen molar-refractivity contribution in [3.05, 3.63) is 65.8 Å². The summed E-state index contributed by atoms with van der Waals surface area (Å²) in [5.74, 6) is 0. The highest BCUT2D eigenvalue weighted by atomic mass is 16.5. The maximum absolute atomic E-state index is 7.62. The first-order valence-electron chi connectivity index (χ1n) is 8.62. The van der Waals surface area contributed by atoms with Crippen LogP contribution in [0.3, 0.4) is 0 Å². The van der Waals surface area contributed by atoms with Crippen molar-refractivity contribution in [2.24, 2.45) is 0 Å². The van der Waals surface area contributed by atoms with Crippen LogP contribution in [0.4, 0.5) is 0 Å². The smallest absolute Gasteiger partial charge is 0.0662 e. The average molecular weight is 361 g/mol. The minimum atomic E-state index is -0.125. The lowest BCUT2D eigenvalue weighted by molar-refractivity contribution is 0.126. The monoisotopic (exact) mass is 360 g/mol. The van der Waals surface area contributed by atoms with Crippen LogP contribution in [0.15, 0.2) is 65.8 Å². The predicted octanol–water partition coefficient (Wildman–Crippen LogP) is 6.37. The number of aliphatic hydroxyl groups excluding tert-OH is 2. The summed E-state index contributed by atoms with van der Waals surface area (Å²) in [7, 11) is 0. The number of aliphatic hydroxyl groups is 2. The van der Waals surface area contributed by atoms with Gasteiger partial charge in [0.25, 0.3) is 0 Å². The van der Waals surface area contributed by atoms with Crippen LogP contribution in [0.2, 0.25) is 0 Å². The number of rotatable bonds is 9. The third-order valence-corrected chi connectivity index (χ3v) is 1.88. The third kappa shape index (κ3) is 166. The molecule has 0 atom stereocenters. The molecule has 0 radical (unpaired) electrons. The van der Waals surface area contributed by atoms with E-state index in [9.17, 15) is 0 Å². The molecule has 0 aromatic carbocycles. The van der Waals surface area contributed by atoms with Gasteiger partial charge in [0.1, 0.15) is 0 Å². The van der Waals surface area contributed by atoms with Crippen molar-refractivity contribution in [1.29, 1.82) is 0 Å². The minimum absolute atomic E-state index is 0.125. The van der Waals surface area contributed by atoms with Gasteiger partial charge in [-0.15, -0.1) is 65.8 Å². The van der Waals surface area contributed by atoms with E-state index < -0.39 is 0 Å². The highest BCUT2D eigenvalue weighted by Gasteiger charge is 1.88. The molecule has 0 unspecified atom stereocenters. The van der Waals surface area contributed by atoms with Crippen LogP contribution in [-0.4, -0.2) is 36.6 Å². The number of ether oxygens (including phenoxy) is 1. The molecule has 0 aliphatic rings. The second-order valence-corrected chi connectivity index (χ2v) is 3.47. The van der Waals surface area contributed by atoms with E-state index >= 15 is 0 Å². The second kappa shape index (κ2) is 115. The summed E-state index contributed by atoms with van der Waals surface area (Å²) in [6.07, 6.45) is 7.68. The highest BCUT2D eigenvalue weighted by Crippen LogP contribution is 1.97. The van der Waals surface area contributed by atoms with Gasteiger partial charge in [0, 0.05) is 13.2 Å². The second-order valence-electron chi connectivity index (χ2n) is 3.47. The van der Waals surface area contributed by atoms with Gasteiger partial charge in [0.2, 0.25) is 0 Å². The molecule has 0 rings (SSSR count). The molecule has 154 valence electrons. The van der Waals surface area contributed by atoms with Gasteiger partial charge in [-0.3, -0.25) is 0 Å². The van der Waals surface area contributed by atoms with Crippen molar-refractivity contribution in [2.45, 2.75) is 52.4 Å². The maximum atomic E-state index is 7.62. The summed E-state index contributed by atoms with van der Waals surface area (Å²) in [6.45, 7) is 36.1. The van der Waals surface area contributed by atoms with Gasteiger partial charge >= 0.3 is 0 Å². The molecule has 2 N–H and O–H groups in total. The Labute approximate surface area is 160 Å². The number of hydrogen-bond donors (Lipinski definition) is 2. The quantitative estimate of drug-likeness (QED) is 0.371. The zero-order valence-corrected chi connectivity index (χ0v) is 17.4. The fraction of sp³-hybridized carbons (Fsp3) is 0.545. The molecule has 3 nitrogen and oxygen atoms in total. The van der Waals surface area contributed by atoms with Crippen molar-refractivity contribution in [3.8, 4) is 0 Å². The molecule has 0 bridgehead atoms. The largest absolute Gasteiger partial charge is 0.394 e. The van der Waals surface area contributed by atoms with Crippen LogP contribution in [-0.2, 0) is 4.74 Å². The summed E-state index contributed by atoms with van der Waals surface area (Å²) in [5.41, 5.74) is 0. The molecule has 25 heavy (non-hydrogen) atoms. The Morgan fingerprint density at radius 1 is 0.520 bits per heavy atom. The molecule has 0 saturated heterocycles. The van der Waals surface area contributed by atoms with Gasteiger partial charge in [0.05, 0.1) is 13.2 Å². The summed E-state index contributed by atoms with van der Waals surface area (Å²) in [4.78, 5) is 0. The van der Waals surface area contributed by atoms with Crippen LogP contribution in [0.25, 0.3) is 0 Å². The van der Waals surface area contributed by atoms with Crippen molar-refractivity contribution in [1.82, 2.24) is 0 Å². The molecule has 0 aromatic rings. The van der Waals surface area contributed by atoms with Gasteiger partial charge in [0.15, 0.2) is 0 Å². The summed E-state index contributed by atoms with van der Waals surface area (Å²) < 4.78 is 5.44. The Balaban J connectivity index is -0.0000000387. The first kappa shape index (κ1) is 43.7. The molecule has 0 aliphatic carbocycles. The lowest BCUT2D eigenvalue weighted by Gasteiger charge is -2.01. The molecule has 0 heterocycles. The van der Waals surface area contributed by atoms with E-state index in [2.05, 4.69) is 79.6 Å². The molecule has 0 amide bonds. The van der Waals surface area contributed by atoms with Gasteiger partial charge in [-0.2, -0.15) is 0 Å². The van der Waals surface area contributed by atoms with Crippen molar-refractivity contribution in [3.63, 3.8) is 0 Å². The SMILES string of the molecule is C=C.C=C.C=C.C=C.C=C.CCCCCOCCCCC.OCCO. The lowest BCUT2D eigenvalue weighted by Crippen LogP contribution is -1.96. The van der Waals surface area contributed by atoms with Crippen molar-refractivity contribution >= 4 is 0 Å². The van der Waals surface area contributed by atoms with E-state index in [1.54, 1.807) is 0 Å². The van der Waals surface area contributed by atoms with Crippen LogP contribution < -0.4 is 0 Å². The van der Waals surface area contributed by atoms with Crippen LogP contribution in [0, 0.1) is 0 Å². The van der Waals surface area contributed by atoms with E-state index in [1.165, 1.54) is 38.5 Å². The minimum Gasteiger partial charge on any atom is -0.394 e. The Kier molecular flexibility index (Phi) is 200. The summed E-state index contributed by atoms with van der Waals surface area (Å²) in [6, 6.07) is 0. The van der Waals surface area contributed by atoms with Crippen molar-refractivity contribution in [2.75, 3.05) is 26.4 Å². The topological polar surface area (TPSA) is 49.7 Å². The van der Waals surface area contributed by atoms with E-state index in [-0.39, 0.29) is 13.2 Å². The number of hydrogen-bond acceptors (Lipinski definition) is 3. The molecule has 0 fully saturated rings. The zero-order chi connectivity index (χ0) is 21.8. The average Bonchev–Trinajstić information content (AvgIpc) is 2.75. The zero-order valence-electron chi connectivity index (χ0n) is 17.4. The summed E-state index contributed by atoms with van der Waals surface area (Å²) in [5, 5.41) is 15.2. The van der Waals surface area contributed by atoms with E-state index in [0.29, 0.717) is 0 Å². The Bertz CT molecular complexity index is 120. The molecule has 0 spiro atoms. The molecule has 3 heteroatoms. The molecular weight excluding hydrogens is 312 g/mol. The lowest BCUT2D eigenvalue weighted by atomic mass is 10.2. The standard InChI is InChI=1S/C10H22O.C2H6O2.5C2H4/c1-3-5-7-9-11-10-8-6-4-2;3-1-2-4;5*1-2/h3-10H2,1-2H3;3-4H,1-2H2;5*1-2H2. The highest BCUT2D eigenvalue weighted by molar-refractivity contribution is 4.38. The first-order chi connectivity index (χ1) is 12.3. The first-order valence-corrected chi connectivity index (χ1v) is 8.62. The Hall–Kier alpha value is -1.42. The van der Waals surface area contributed by atoms with E-state index in [0.717, 1.165) is 13.2 Å². The van der Waals surface area contributed by atoms with Crippen LogP contribution >= 0.6 is 0 Å². The van der Waals surface area contributed by atoms with E-state index in [4.69, 9.17) is 14.9 Å². The van der Waals surface area contributed by atoms with Gasteiger partial charge in [-0.1, -0.05) is 39.5 Å². The molecule has 0 saturated carbocycles. The maximum Gasteiger partial charge on any atom is 0.0662 e. The fourth-order valence-electron chi connectivity index (χ4n) is 1.01. The van der Waals surface area contributed by atoms with Crippen LogP contribution in [0.5, 0.6) is 0 Å². The normalized spacial score (nSPS) is 6.56. The Morgan fingerprint density at radius 3 is 0.920 bits per heavy atom. The van der Waals surface area contributed by atoms with Gasteiger partial charge in [-0.25, -0.2) is 0 Å². The van der Waals surface area contributed by atoms with Gasteiger partial charge in [-0.05, 0) is 12.8 Å². The van der Waals surface area contributed by atoms with E-state index in [1.807, 2.05) is 0 Å².